The minimum Gasteiger partial charge on any atom is -0.356 e. The molecule has 4 nitrogen and oxygen atoms in total. The predicted molar refractivity (Wildman–Crippen MR) is 88.5 cm³/mol. The van der Waals surface area contributed by atoms with Crippen LogP contribution in [0.3, 0.4) is 0 Å². The van der Waals surface area contributed by atoms with Gasteiger partial charge < -0.3 is 10.2 Å². The number of carbonyl (C=O) groups excluding carboxylic acids is 2. The lowest BCUT2D eigenvalue weighted by molar-refractivity contribution is -0.137. The molecule has 1 saturated carbocycles. The van der Waals surface area contributed by atoms with Gasteiger partial charge in [0.25, 0.3) is 0 Å². The first-order valence-electron chi connectivity index (χ1n) is 9.28. The van der Waals surface area contributed by atoms with Gasteiger partial charge in [0.2, 0.25) is 11.8 Å². The molecule has 0 aromatic carbocycles. The third-order valence-electron chi connectivity index (χ3n) is 5.18. The molecule has 2 fully saturated rings. The Morgan fingerprint density at radius 1 is 1.05 bits per heavy atom. The van der Waals surface area contributed by atoms with Crippen LogP contribution in [0.2, 0.25) is 0 Å². The Hall–Kier alpha value is -1.06. The molecule has 2 rings (SSSR count). The minimum atomic E-state index is 0.125. The van der Waals surface area contributed by atoms with Gasteiger partial charge in [-0.2, -0.15) is 0 Å². The lowest BCUT2D eigenvalue weighted by Gasteiger charge is -2.44. The second-order valence-corrected chi connectivity index (χ2v) is 6.90. The summed E-state index contributed by atoms with van der Waals surface area (Å²) in [6, 6.07) is 0.517. The Morgan fingerprint density at radius 3 is 2.59 bits per heavy atom. The normalized spacial score (nSPS) is 24.7. The monoisotopic (exact) mass is 308 g/mol. The molecule has 2 aliphatic rings. The number of hydrogen-bond donors (Lipinski definition) is 1. The quantitative estimate of drug-likeness (QED) is 0.734. The summed E-state index contributed by atoms with van der Waals surface area (Å²) in [6.45, 7) is 3.77. The van der Waals surface area contributed by atoms with E-state index in [-0.39, 0.29) is 5.91 Å². The highest BCUT2D eigenvalue weighted by molar-refractivity contribution is 5.77. The van der Waals surface area contributed by atoms with Crippen LogP contribution in [0.4, 0.5) is 0 Å². The number of fused-ring (bicyclic) bond motifs is 1. The van der Waals surface area contributed by atoms with E-state index >= 15 is 0 Å². The van der Waals surface area contributed by atoms with E-state index in [4.69, 9.17) is 0 Å². The molecular weight excluding hydrogens is 276 g/mol. The van der Waals surface area contributed by atoms with Gasteiger partial charge in [-0.25, -0.2) is 0 Å². The van der Waals surface area contributed by atoms with Crippen molar-refractivity contribution in [2.75, 3.05) is 13.1 Å². The fourth-order valence-corrected chi connectivity index (χ4v) is 3.99. The molecule has 2 amide bonds. The van der Waals surface area contributed by atoms with Gasteiger partial charge in [0.15, 0.2) is 0 Å². The summed E-state index contributed by atoms with van der Waals surface area (Å²) in [4.78, 5) is 26.2. The Labute approximate surface area is 135 Å². The smallest absolute Gasteiger partial charge is 0.222 e. The van der Waals surface area contributed by atoms with E-state index in [9.17, 15) is 9.59 Å². The van der Waals surface area contributed by atoms with Crippen molar-refractivity contribution in [1.82, 2.24) is 10.2 Å². The number of unbranched alkanes of at least 4 members (excludes halogenated alkanes) is 1. The average molecular weight is 308 g/mol. The summed E-state index contributed by atoms with van der Waals surface area (Å²) in [7, 11) is 0. The molecule has 4 heteroatoms. The molecule has 0 radical (unpaired) electrons. The van der Waals surface area contributed by atoms with Gasteiger partial charge in [-0.1, -0.05) is 19.8 Å². The molecule has 1 aliphatic carbocycles. The Kier molecular flexibility index (Phi) is 7.20. The second-order valence-electron chi connectivity index (χ2n) is 6.90. The Morgan fingerprint density at radius 2 is 1.77 bits per heavy atom. The number of piperidine rings is 1. The highest BCUT2D eigenvalue weighted by Gasteiger charge is 2.35. The molecule has 2 unspecified atom stereocenters. The topological polar surface area (TPSA) is 49.4 Å². The third-order valence-corrected chi connectivity index (χ3v) is 5.18. The standard InChI is InChI=1S/C18H32N2O2/c1-2-13-19-17(21)11-5-6-12-18(22)20-14-7-9-15-8-3-4-10-16(15)20/h15-16H,2-14H2,1H3,(H,19,21). The van der Waals surface area contributed by atoms with Crippen molar-refractivity contribution in [2.24, 2.45) is 5.92 Å². The number of hydrogen-bond acceptors (Lipinski definition) is 2. The minimum absolute atomic E-state index is 0.125. The lowest BCUT2D eigenvalue weighted by atomic mass is 9.78. The van der Waals surface area contributed by atoms with Gasteiger partial charge in [0.05, 0.1) is 0 Å². The summed E-state index contributed by atoms with van der Waals surface area (Å²) in [6.07, 6.45) is 11.4. The van der Waals surface area contributed by atoms with Crippen molar-refractivity contribution in [3.05, 3.63) is 0 Å². The van der Waals surface area contributed by atoms with Crippen molar-refractivity contribution in [3.63, 3.8) is 0 Å². The van der Waals surface area contributed by atoms with E-state index in [2.05, 4.69) is 17.1 Å². The molecule has 1 N–H and O–H groups in total. The number of amides is 2. The maximum atomic E-state index is 12.5. The van der Waals surface area contributed by atoms with Crippen LogP contribution < -0.4 is 5.32 Å². The molecule has 22 heavy (non-hydrogen) atoms. The summed E-state index contributed by atoms with van der Waals surface area (Å²) in [5, 5.41) is 2.89. The van der Waals surface area contributed by atoms with Crippen LogP contribution in [-0.2, 0) is 9.59 Å². The Bertz CT molecular complexity index is 368. The van der Waals surface area contributed by atoms with E-state index in [0.29, 0.717) is 24.8 Å². The highest BCUT2D eigenvalue weighted by atomic mass is 16.2. The van der Waals surface area contributed by atoms with Gasteiger partial charge in [0, 0.05) is 32.0 Å². The van der Waals surface area contributed by atoms with Crippen LogP contribution in [0.5, 0.6) is 0 Å². The molecule has 1 saturated heterocycles. The SMILES string of the molecule is CCCNC(=O)CCCCC(=O)N1CCCC2CCCCC21. The maximum absolute atomic E-state index is 12.5. The zero-order valence-electron chi connectivity index (χ0n) is 14.1. The van der Waals surface area contributed by atoms with Gasteiger partial charge in [-0.05, 0) is 50.9 Å². The summed E-state index contributed by atoms with van der Waals surface area (Å²) in [5.41, 5.74) is 0. The molecular formula is C18H32N2O2. The first-order chi connectivity index (χ1) is 10.7. The van der Waals surface area contributed by atoms with Crippen molar-refractivity contribution in [3.8, 4) is 0 Å². The van der Waals surface area contributed by atoms with Gasteiger partial charge in [-0.3, -0.25) is 9.59 Å². The van der Waals surface area contributed by atoms with Crippen LogP contribution in [0, 0.1) is 5.92 Å². The average Bonchev–Trinajstić information content (AvgIpc) is 2.56. The van der Waals surface area contributed by atoms with Crippen LogP contribution in [0.25, 0.3) is 0 Å². The summed E-state index contributed by atoms with van der Waals surface area (Å²) >= 11 is 0. The summed E-state index contributed by atoms with van der Waals surface area (Å²) < 4.78 is 0. The fourth-order valence-electron chi connectivity index (χ4n) is 3.99. The number of rotatable bonds is 7. The highest BCUT2D eigenvalue weighted by Crippen LogP contribution is 2.35. The lowest BCUT2D eigenvalue weighted by Crippen LogP contribution is -2.49. The Balaban J connectivity index is 1.67. The van der Waals surface area contributed by atoms with Crippen LogP contribution >= 0.6 is 0 Å². The van der Waals surface area contributed by atoms with Crippen LogP contribution in [-0.4, -0.2) is 35.8 Å². The molecule has 126 valence electrons. The van der Waals surface area contributed by atoms with Crippen LogP contribution in [0.1, 0.15) is 77.6 Å². The largest absolute Gasteiger partial charge is 0.356 e. The first kappa shape index (κ1) is 17.3. The molecule has 0 bridgehead atoms. The number of nitrogens with zero attached hydrogens (tertiary/aromatic N) is 1. The first-order valence-corrected chi connectivity index (χ1v) is 9.28. The molecule has 2 atom stereocenters. The van der Waals surface area contributed by atoms with Crippen LogP contribution in [0.15, 0.2) is 0 Å². The van der Waals surface area contributed by atoms with Gasteiger partial charge >= 0.3 is 0 Å². The fraction of sp³-hybridized carbons (Fsp3) is 0.889. The van der Waals surface area contributed by atoms with E-state index in [1.807, 2.05) is 0 Å². The number of nitrogens with one attached hydrogen (secondary N) is 1. The van der Waals surface area contributed by atoms with Crippen molar-refractivity contribution in [1.29, 1.82) is 0 Å². The third kappa shape index (κ3) is 4.99. The number of likely N-dealkylation sites (tertiary alicyclic amines) is 1. The van der Waals surface area contributed by atoms with E-state index in [0.717, 1.165) is 38.3 Å². The molecule has 1 heterocycles. The predicted octanol–water partition coefficient (Wildman–Crippen LogP) is 3.25. The van der Waals surface area contributed by atoms with Crippen molar-refractivity contribution in [2.45, 2.75) is 83.6 Å². The van der Waals surface area contributed by atoms with E-state index in [1.54, 1.807) is 0 Å². The van der Waals surface area contributed by atoms with Crippen molar-refractivity contribution < 1.29 is 9.59 Å². The molecule has 0 aromatic heterocycles. The molecule has 0 aromatic rings. The zero-order valence-corrected chi connectivity index (χ0v) is 14.1. The molecule has 1 aliphatic heterocycles. The zero-order chi connectivity index (χ0) is 15.8. The molecule has 0 spiro atoms. The second kappa shape index (κ2) is 9.16. The maximum Gasteiger partial charge on any atom is 0.222 e. The van der Waals surface area contributed by atoms with Gasteiger partial charge in [-0.15, -0.1) is 0 Å². The van der Waals surface area contributed by atoms with E-state index in [1.165, 1.54) is 38.5 Å². The van der Waals surface area contributed by atoms with Gasteiger partial charge in [0.1, 0.15) is 0 Å². The number of carbonyl (C=O) groups is 2. The van der Waals surface area contributed by atoms with E-state index < -0.39 is 0 Å². The van der Waals surface area contributed by atoms with Crippen molar-refractivity contribution >= 4 is 11.8 Å². The summed E-state index contributed by atoms with van der Waals surface area (Å²) in [5.74, 6) is 1.21.